The normalized spacial score (nSPS) is 11.0. The van der Waals surface area contributed by atoms with Crippen LogP contribution in [0.4, 0.5) is 32.5 Å². The molecule has 0 aliphatic carbocycles. The zero-order chi connectivity index (χ0) is 25.6. The number of halogens is 1. The molecular weight excluding hydrogens is 459 g/mol. The second kappa shape index (κ2) is 10.7. The monoisotopic (exact) mass is 486 g/mol. The second-order valence-corrected chi connectivity index (χ2v) is 8.53. The minimum absolute atomic E-state index is 0.0562. The number of hydrogen-bond acceptors (Lipinski definition) is 10. The highest BCUT2D eigenvalue weighted by atomic mass is 19.1. The zero-order valence-electron chi connectivity index (χ0n) is 20.0. The van der Waals surface area contributed by atoms with Crippen LogP contribution in [0.25, 0.3) is 0 Å². The van der Waals surface area contributed by atoms with Crippen LogP contribution in [-0.4, -0.2) is 68.4 Å². The Morgan fingerprint density at radius 1 is 1.11 bits per heavy atom. The van der Waals surface area contributed by atoms with Crippen molar-refractivity contribution >= 4 is 35.3 Å². The minimum Gasteiger partial charge on any atom is -0.444 e. The Morgan fingerprint density at radius 3 is 2.54 bits per heavy atom. The van der Waals surface area contributed by atoms with Gasteiger partial charge in [-0.3, -0.25) is 4.79 Å². The Bertz CT molecular complexity index is 1170. The first kappa shape index (κ1) is 25.3. The molecule has 3 aromatic rings. The summed E-state index contributed by atoms with van der Waals surface area (Å²) in [5.41, 5.74) is -0.541. The van der Waals surface area contributed by atoms with Crippen molar-refractivity contribution in [1.29, 1.82) is 0 Å². The highest BCUT2D eigenvalue weighted by Gasteiger charge is 2.17. The number of carbonyl (C=O) groups is 2. The quantitative estimate of drug-likeness (QED) is 0.404. The number of ether oxygens (including phenoxy) is 1. The first-order valence-electron chi connectivity index (χ1n) is 10.6. The lowest BCUT2D eigenvalue weighted by Gasteiger charge is -2.19. The maximum absolute atomic E-state index is 13.8. The third-order valence-electron chi connectivity index (χ3n) is 4.22. The summed E-state index contributed by atoms with van der Waals surface area (Å²) >= 11 is 0. The minimum atomic E-state index is -0.784. The van der Waals surface area contributed by atoms with E-state index in [1.165, 1.54) is 17.1 Å². The van der Waals surface area contributed by atoms with Gasteiger partial charge in [0, 0.05) is 20.6 Å². The Labute approximate surface area is 201 Å². The van der Waals surface area contributed by atoms with E-state index in [0.29, 0.717) is 5.82 Å². The first-order valence-corrected chi connectivity index (χ1v) is 10.6. The van der Waals surface area contributed by atoms with Crippen molar-refractivity contribution in [2.24, 2.45) is 0 Å². The van der Waals surface area contributed by atoms with Crippen LogP contribution in [0.15, 0.2) is 30.5 Å². The number of rotatable bonds is 8. The van der Waals surface area contributed by atoms with Gasteiger partial charge >= 0.3 is 6.09 Å². The molecule has 0 unspecified atom stereocenters. The predicted molar refractivity (Wildman–Crippen MR) is 126 cm³/mol. The molecule has 2 amide bonds. The van der Waals surface area contributed by atoms with Gasteiger partial charge in [-0.15, -0.1) is 15.3 Å². The molecule has 0 atom stereocenters. The number of nitrogens with zero attached hydrogens (tertiary/aromatic N) is 7. The molecule has 0 aromatic carbocycles. The van der Waals surface area contributed by atoms with E-state index in [1.807, 2.05) is 14.1 Å². The molecule has 0 saturated heterocycles. The summed E-state index contributed by atoms with van der Waals surface area (Å²) in [5.74, 6) is -0.338. The smallest absolute Gasteiger partial charge is 0.407 e. The number of carbonyl (C=O) groups excluding carboxylic acids is 2. The summed E-state index contributed by atoms with van der Waals surface area (Å²) in [5, 5.41) is 24.2. The van der Waals surface area contributed by atoms with Crippen molar-refractivity contribution in [3.63, 3.8) is 0 Å². The van der Waals surface area contributed by atoms with E-state index in [9.17, 15) is 14.0 Å². The lowest BCUT2D eigenvalue weighted by Crippen LogP contribution is -2.34. The van der Waals surface area contributed by atoms with Gasteiger partial charge in [0.1, 0.15) is 11.4 Å². The molecule has 3 N–H and O–H groups in total. The number of alkyl carbamates (subject to hydrolysis) is 1. The van der Waals surface area contributed by atoms with E-state index in [-0.39, 0.29) is 36.1 Å². The van der Waals surface area contributed by atoms with E-state index >= 15 is 0 Å². The Kier molecular flexibility index (Phi) is 7.73. The summed E-state index contributed by atoms with van der Waals surface area (Å²) in [7, 11) is 3.64. The SMILES string of the molecule is CN(C)c1ccc(NC(=O)c2ccc(F)nc2Nc2cnn(CCNC(=O)OC(C)(C)C)n2)nn1. The van der Waals surface area contributed by atoms with Gasteiger partial charge in [-0.05, 0) is 45.0 Å². The van der Waals surface area contributed by atoms with E-state index in [4.69, 9.17) is 4.74 Å². The van der Waals surface area contributed by atoms with Gasteiger partial charge in [0.15, 0.2) is 17.5 Å². The summed E-state index contributed by atoms with van der Waals surface area (Å²) in [4.78, 5) is 31.4. The van der Waals surface area contributed by atoms with Crippen LogP contribution in [0.3, 0.4) is 0 Å². The molecule has 0 aliphatic rings. The van der Waals surface area contributed by atoms with E-state index in [1.54, 1.807) is 37.8 Å². The zero-order valence-corrected chi connectivity index (χ0v) is 20.0. The second-order valence-electron chi connectivity index (χ2n) is 8.53. The molecule has 0 radical (unpaired) electrons. The van der Waals surface area contributed by atoms with Gasteiger partial charge in [0.2, 0.25) is 5.95 Å². The van der Waals surface area contributed by atoms with Crippen LogP contribution in [0.5, 0.6) is 0 Å². The molecule has 35 heavy (non-hydrogen) atoms. The van der Waals surface area contributed by atoms with Gasteiger partial charge in [0.05, 0.1) is 18.3 Å². The average Bonchev–Trinajstić information content (AvgIpc) is 3.20. The Hall–Kier alpha value is -4.36. The van der Waals surface area contributed by atoms with Crippen LogP contribution >= 0.6 is 0 Å². The van der Waals surface area contributed by atoms with Crippen molar-refractivity contribution in [3.05, 3.63) is 42.0 Å². The van der Waals surface area contributed by atoms with Crippen molar-refractivity contribution in [2.45, 2.75) is 32.9 Å². The lowest BCUT2D eigenvalue weighted by molar-refractivity contribution is 0.0525. The number of nitrogens with one attached hydrogen (secondary N) is 3. The van der Waals surface area contributed by atoms with Crippen molar-refractivity contribution < 1.29 is 18.7 Å². The highest BCUT2D eigenvalue weighted by molar-refractivity contribution is 6.07. The number of amides is 2. The van der Waals surface area contributed by atoms with Crippen molar-refractivity contribution in [1.82, 2.24) is 35.5 Å². The molecule has 0 saturated carbocycles. The third-order valence-corrected chi connectivity index (χ3v) is 4.22. The maximum Gasteiger partial charge on any atom is 0.407 e. The lowest BCUT2D eigenvalue weighted by atomic mass is 10.2. The van der Waals surface area contributed by atoms with Gasteiger partial charge in [-0.1, -0.05) is 0 Å². The van der Waals surface area contributed by atoms with E-state index < -0.39 is 23.5 Å². The van der Waals surface area contributed by atoms with Gasteiger partial charge in [-0.2, -0.15) is 14.3 Å². The number of pyridine rings is 1. The summed E-state index contributed by atoms with van der Waals surface area (Å²) < 4.78 is 19.0. The molecule has 0 aliphatic heterocycles. The van der Waals surface area contributed by atoms with Crippen molar-refractivity contribution in [2.75, 3.05) is 36.2 Å². The van der Waals surface area contributed by atoms with E-state index in [0.717, 1.165) is 6.07 Å². The molecule has 3 heterocycles. The summed E-state index contributed by atoms with van der Waals surface area (Å²) in [6.07, 6.45) is 0.830. The highest BCUT2D eigenvalue weighted by Crippen LogP contribution is 2.19. The third kappa shape index (κ3) is 7.58. The number of anilines is 4. The summed E-state index contributed by atoms with van der Waals surface area (Å²) in [6, 6.07) is 5.65. The fourth-order valence-corrected chi connectivity index (χ4v) is 2.68. The van der Waals surface area contributed by atoms with Gasteiger partial charge < -0.3 is 25.6 Å². The number of aromatic nitrogens is 6. The topological polar surface area (TPSA) is 152 Å². The van der Waals surface area contributed by atoms with Crippen LogP contribution < -0.4 is 20.9 Å². The molecule has 3 rings (SSSR count). The standard InChI is InChI=1S/C21H27FN10O3/c1-21(2,3)35-20(34)23-10-11-32-24-12-16(30-32)26-18-13(6-7-14(22)25-18)19(33)27-15-8-9-17(29-28-15)31(4)5/h6-9,12H,10-11H2,1-5H3,(H,23,34)(H,25,26,30)(H,27,28,33). The molecule has 13 nitrogen and oxygen atoms in total. The molecule has 0 bridgehead atoms. The fourth-order valence-electron chi connectivity index (χ4n) is 2.68. The van der Waals surface area contributed by atoms with Crippen LogP contribution in [0.1, 0.15) is 31.1 Å². The Balaban J connectivity index is 1.63. The predicted octanol–water partition coefficient (Wildman–Crippen LogP) is 2.19. The van der Waals surface area contributed by atoms with E-state index in [2.05, 4.69) is 41.3 Å². The molecule has 186 valence electrons. The largest absolute Gasteiger partial charge is 0.444 e. The van der Waals surface area contributed by atoms with Crippen LogP contribution in [-0.2, 0) is 11.3 Å². The maximum atomic E-state index is 13.8. The molecule has 0 spiro atoms. The average molecular weight is 487 g/mol. The fraction of sp³-hybridized carbons (Fsp3) is 0.381. The van der Waals surface area contributed by atoms with Crippen molar-refractivity contribution in [3.8, 4) is 0 Å². The van der Waals surface area contributed by atoms with Crippen LogP contribution in [0.2, 0.25) is 0 Å². The molecule has 3 aromatic heterocycles. The van der Waals surface area contributed by atoms with Gasteiger partial charge in [-0.25, -0.2) is 9.78 Å². The molecular formula is C21H27FN10O3. The Morgan fingerprint density at radius 2 is 1.89 bits per heavy atom. The first-order chi connectivity index (χ1) is 16.5. The van der Waals surface area contributed by atoms with Crippen LogP contribution in [0, 0.1) is 5.95 Å². The molecule has 0 fully saturated rings. The number of hydrogen-bond donors (Lipinski definition) is 3. The summed E-state index contributed by atoms with van der Waals surface area (Å²) in [6.45, 7) is 5.78. The van der Waals surface area contributed by atoms with Gasteiger partial charge in [0.25, 0.3) is 5.91 Å². The molecule has 14 heteroatoms.